The molecule has 10 heavy (non-hydrogen) atoms. The van der Waals surface area contributed by atoms with Crippen molar-refractivity contribution < 1.29 is 9.90 Å². The van der Waals surface area contributed by atoms with Gasteiger partial charge in [-0.05, 0) is 20.0 Å². The van der Waals surface area contributed by atoms with Crippen LogP contribution in [0.25, 0.3) is 0 Å². The van der Waals surface area contributed by atoms with Crippen molar-refractivity contribution in [1.82, 2.24) is 5.32 Å². The standard InChI is InChI=1S/C7H11NO2/c1-7(2)5(6(9)10)3-4-8-7/h3-5,8H,1-2H3,(H,9,10). The average molecular weight is 141 g/mol. The molecule has 1 heterocycles. The Hall–Kier alpha value is -0.990. The smallest absolute Gasteiger partial charge is 0.312 e. The first kappa shape index (κ1) is 7.12. The molecule has 0 aromatic carbocycles. The first-order valence-corrected chi connectivity index (χ1v) is 3.21. The molecule has 0 spiro atoms. The number of nitrogens with one attached hydrogen (secondary N) is 1. The van der Waals surface area contributed by atoms with Crippen molar-refractivity contribution in [2.24, 2.45) is 5.92 Å². The number of rotatable bonds is 1. The summed E-state index contributed by atoms with van der Waals surface area (Å²) in [5, 5.41) is 11.6. The molecule has 0 fully saturated rings. The quantitative estimate of drug-likeness (QED) is 0.561. The van der Waals surface area contributed by atoms with E-state index in [0.29, 0.717) is 0 Å². The second kappa shape index (κ2) is 2.01. The molecule has 1 rings (SSSR count). The zero-order valence-corrected chi connectivity index (χ0v) is 6.09. The second-order valence-corrected chi connectivity index (χ2v) is 3.04. The number of hydrogen-bond donors (Lipinski definition) is 2. The van der Waals surface area contributed by atoms with Gasteiger partial charge in [-0.3, -0.25) is 4.79 Å². The van der Waals surface area contributed by atoms with Crippen LogP contribution in [0.2, 0.25) is 0 Å². The Bertz CT molecular complexity index is 184. The first-order chi connectivity index (χ1) is 4.54. The normalized spacial score (nSPS) is 28.0. The molecule has 1 aliphatic heterocycles. The van der Waals surface area contributed by atoms with Gasteiger partial charge >= 0.3 is 5.97 Å². The predicted octanol–water partition coefficient (Wildman–Crippen LogP) is 0.583. The van der Waals surface area contributed by atoms with Crippen LogP contribution in [0.5, 0.6) is 0 Å². The van der Waals surface area contributed by atoms with Crippen LogP contribution in [-0.4, -0.2) is 16.6 Å². The van der Waals surface area contributed by atoms with E-state index >= 15 is 0 Å². The maximum absolute atomic E-state index is 10.5. The Morgan fingerprint density at radius 2 is 2.30 bits per heavy atom. The molecule has 0 aromatic heterocycles. The van der Waals surface area contributed by atoms with Gasteiger partial charge in [0.2, 0.25) is 0 Å². The van der Waals surface area contributed by atoms with Gasteiger partial charge < -0.3 is 10.4 Å². The lowest BCUT2D eigenvalue weighted by atomic mass is 9.90. The van der Waals surface area contributed by atoms with Gasteiger partial charge in [0.15, 0.2) is 0 Å². The number of hydrogen-bond acceptors (Lipinski definition) is 2. The van der Waals surface area contributed by atoms with Gasteiger partial charge in [0.25, 0.3) is 0 Å². The molecule has 3 heteroatoms. The second-order valence-electron chi connectivity index (χ2n) is 3.04. The van der Waals surface area contributed by atoms with E-state index in [1.54, 1.807) is 12.3 Å². The Morgan fingerprint density at radius 3 is 2.50 bits per heavy atom. The summed E-state index contributed by atoms with van der Waals surface area (Å²) in [5.41, 5.74) is -0.328. The van der Waals surface area contributed by atoms with Gasteiger partial charge in [0.05, 0.1) is 5.92 Å². The van der Waals surface area contributed by atoms with Crippen molar-refractivity contribution in [2.45, 2.75) is 19.4 Å². The minimum Gasteiger partial charge on any atom is -0.481 e. The zero-order chi connectivity index (χ0) is 7.78. The van der Waals surface area contributed by atoms with Gasteiger partial charge in [0.1, 0.15) is 0 Å². The topological polar surface area (TPSA) is 49.3 Å². The zero-order valence-electron chi connectivity index (χ0n) is 6.09. The third-order valence-corrected chi connectivity index (χ3v) is 1.79. The molecule has 0 amide bonds. The summed E-state index contributed by atoms with van der Waals surface area (Å²) >= 11 is 0. The molecule has 2 N–H and O–H groups in total. The molecule has 3 nitrogen and oxygen atoms in total. The Balaban J connectivity index is 2.77. The number of aliphatic carboxylic acids is 1. The summed E-state index contributed by atoms with van der Waals surface area (Å²) in [7, 11) is 0. The lowest BCUT2D eigenvalue weighted by Gasteiger charge is -2.23. The van der Waals surface area contributed by atoms with Gasteiger partial charge in [-0.25, -0.2) is 0 Å². The van der Waals surface area contributed by atoms with Crippen LogP contribution in [0.4, 0.5) is 0 Å². The van der Waals surface area contributed by atoms with Crippen LogP contribution in [0.15, 0.2) is 12.3 Å². The molecule has 1 atom stereocenters. The maximum Gasteiger partial charge on any atom is 0.312 e. The van der Waals surface area contributed by atoms with E-state index in [-0.39, 0.29) is 5.54 Å². The minimum absolute atomic E-state index is 0.328. The molecular weight excluding hydrogens is 130 g/mol. The summed E-state index contributed by atoms with van der Waals surface area (Å²) < 4.78 is 0. The molecule has 1 unspecified atom stereocenters. The van der Waals surface area contributed by atoms with Gasteiger partial charge in [-0.1, -0.05) is 6.08 Å². The van der Waals surface area contributed by atoms with Crippen LogP contribution in [0, 0.1) is 5.92 Å². The average Bonchev–Trinajstić information content (AvgIpc) is 2.08. The fourth-order valence-corrected chi connectivity index (χ4v) is 1.08. The lowest BCUT2D eigenvalue weighted by Crippen LogP contribution is -2.41. The van der Waals surface area contributed by atoms with E-state index in [1.807, 2.05) is 13.8 Å². The van der Waals surface area contributed by atoms with E-state index in [1.165, 1.54) is 0 Å². The van der Waals surface area contributed by atoms with E-state index < -0.39 is 11.9 Å². The van der Waals surface area contributed by atoms with E-state index in [2.05, 4.69) is 5.32 Å². The highest BCUT2D eigenvalue weighted by molar-refractivity contribution is 5.74. The predicted molar refractivity (Wildman–Crippen MR) is 37.5 cm³/mol. The highest BCUT2D eigenvalue weighted by Crippen LogP contribution is 2.22. The number of carboxylic acid groups (broad SMARTS) is 1. The largest absolute Gasteiger partial charge is 0.481 e. The van der Waals surface area contributed by atoms with Crippen LogP contribution < -0.4 is 5.32 Å². The molecule has 0 bridgehead atoms. The van der Waals surface area contributed by atoms with Crippen molar-refractivity contribution in [3.05, 3.63) is 12.3 Å². The molecular formula is C7H11NO2. The third-order valence-electron chi connectivity index (χ3n) is 1.79. The highest BCUT2D eigenvalue weighted by Gasteiger charge is 2.35. The van der Waals surface area contributed by atoms with Crippen molar-refractivity contribution >= 4 is 5.97 Å². The van der Waals surface area contributed by atoms with Crippen LogP contribution >= 0.6 is 0 Å². The molecule has 0 saturated carbocycles. The molecule has 0 aromatic rings. The highest BCUT2D eigenvalue weighted by atomic mass is 16.4. The van der Waals surface area contributed by atoms with Crippen molar-refractivity contribution in [3.63, 3.8) is 0 Å². The molecule has 0 radical (unpaired) electrons. The van der Waals surface area contributed by atoms with Crippen LogP contribution in [0.3, 0.4) is 0 Å². The van der Waals surface area contributed by atoms with Crippen molar-refractivity contribution in [1.29, 1.82) is 0 Å². The van der Waals surface area contributed by atoms with Gasteiger partial charge in [-0.15, -0.1) is 0 Å². The first-order valence-electron chi connectivity index (χ1n) is 3.21. The molecule has 56 valence electrons. The van der Waals surface area contributed by atoms with E-state index in [4.69, 9.17) is 5.11 Å². The number of carbonyl (C=O) groups is 1. The lowest BCUT2D eigenvalue weighted by molar-refractivity contribution is -0.141. The third kappa shape index (κ3) is 0.988. The molecule has 0 aliphatic carbocycles. The number of carboxylic acids is 1. The minimum atomic E-state index is -0.772. The summed E-state index contributed by atoms with van der Waals surface area (Å²) in [6.07, 6.45) is 3.36. The SMILES string of the molecule is CC1(C)NC=CC1C(=O)O. The van der Waals surface area contributed by atoms with Crippen molar-refractivity contribution in [2.75, 3.05) is 0 Å². The summed E-state index contributed by atoms with van der Waals surface area (Å²) in [4.78, 5) is 10.5. The molecule has 0 saturated heterocycles. The molecule has 1 aliphatic rings. The van der Waals surface area contributed by atoms with Crippen molar-refractivity contribution in [3.8, 4) is 0 Å². The monoisotopic (exact) mass is 141 g/mol. The Morgan fingerprint density at radius 1 is 1.70 bits per heavy atom. The Kier molecular flexibility index (Phi) is 1.43. The van der Waals surface area contributed by atoms with E-state index in [9.17, 15) is 4.79 Å². The van der Waals surface area contributed by atoms with Crippen LogP contribution in [-0.2, 0) is 4.79 Å². The summed E-state index contributed by atoms with van der Waals surface area (Å²) in [6.45, 7) is 3.73. The maximum atomic E-state index is 10.5. The van der Waals surface area contributed by atoms with Crippen LogP contribution in [0.1, 0.15) is 13.8 Å². The summed E-state index contributed by atoms with van der Waals surface area (Å²) in [6, 6.07) is 0. The Labute approximate surface area is 59.7 Å². The fraction of sp³-hybridized carbons (Fsp3) is 0.571. The van der Waals surface area contributed by atoms with Gasteiger partial charge in [-0.2, -0.15) is 0 Å². The summed E-state index contributed by atoms with van der Waals surface area (Å²) in [5.74, 6) is -1.17. The van der Waals surface area contributed by atoms with Gasteiger partial charge in [0, 0.05) is 5.54 Å². The fourth-order valence-electron chi connectivity index (χ4n) is 1.08. The van der Waals surface area contributed by atoms with E-state index in [0.717, 1.165) is 0 Å².